The van der Waals surface area contributed by atoms with Gasteiger partial charge in [0.05, 0.1) is 17.8 Å². The van der Waals surface area contributed by atoms with Crippen molar-refractivity contribution in [2.45, 2.75) is 12.2 Å². The number of benzene rings is 2. The lowest BCUT2D eigenvalue weighted by molar-refractivity contribution is -0.141. The summed E-state index contributed by atoms with van der Waals surface area (Å²) in [5.74, 6) is -1.87. The lowest BCUT2D eigenvalue weighted by atomic mass is 10.0. The zero-order valence-corrected chi connectivity index (χ0v) is 20.8. The van der Waals surface area contributed by atoms with E-state index in [9.17, 15) is 27.6 Å². The number of carbonyl (C=O) groups excluding carboxylic acids is 3. The predicted molar refractivity (Wildman–Crippen MR) is 136 cm³/mol. The maximum atomic E-state index is 13.8. The molecule has 0 spiro atoms. The van der Waals surface area contributed by atoms with Crippen molar-refractivity contribution in [1.29, 1.82) is 0 Å². The Balaban J connectivity index is 1.31. The average molecular weight is 554 g/mol. The van der Waals surface area contributed by atoms with Crippen LogP contribution >= 0.6 is 11.6 Å². The summed E-state index contributed by atoms with van der Waals surface area (Å²) in [4.78, 5) is 46.4. The monoisotopic (exact) mass is 553 g/mol. The first-order valence-electron chi connectivity index (χ1n) is 12.0. The molecule has 8 nitrogen and oxygen atoms in total. The third-order valence-corrected chi connectivity index (χ3v) is 7.17. The number of nitrogens with zero attached hydrogens (tertiary/aromatic N) is 4. The molecule has 2 aliphatic rings. The minimum atomic E-state index is -4.86. The third kappa shape index (κ3) is 4.28. The second-order valence-corrected chi connectivity index (χ2v) is 9.69. The number of fused-ring (bicyclic) bond motifs is 3. The van der Waals surface area contributed by atoms with Gasteiger partial charge in [-0.05, 0) is 47.5 Å². The van der Waals surface area contributed by atoms with Crippen molar-refractivity contribution in [2.75, 3.05) is 25.0 Å². The number of alkyl halides is 3. The second kappa shape index (κ2) is 9.12. The number of hydrogen-bond donors (Lipinski definition) is 1. The van der Waals surface area contributed by atoms with Gasteiger partial charge in [0.25, 0.3) is 11.8 Å². The van der Waals surface area contributed by atoms with E-state index in [1.165, 1.54) is 29.3 Å². The van der Waals surface area contributed by atoms with Gasteiger partial charge in [0.1, 0.15) is 17.4 Å². The van der Waals surface area contributed by atoms with E-state index >= 15 is 0 Å². The van der Waals surface area contributed by atoms with Crippen molar-refractivity contribution in [1.82, 2.24) is 19.2 Å². The molecule has 1 saturated heterocycles. The van der Waals surface area contributed by atoms with Gasteiger partial charge in [-0.1, -0.05) is 35.9 Å². The molecule has 1 N–H and O–H groups in total. The molecule has 2 aromatic heterocycles. The van der Waals surface area contributed by atoms with Crippen LogP contribution in [0, 0.1) is 0 Å². The average Bonchev–Trinajstić information content (AvgIpc) is 3.29. The first kappa shape index (κ1) is 24.9. The molecule has 39 heavy (non-hydrogen) atoms. The minimum absolute atomic E-state index is 0.0267. The number of imidazole rings is 1. The summed E-state index contributed by atoms with van der Waals surface area (Å²) in [5.41, 5.74) is 0.197. The maximum Gasteiger partial charge on any atom is 0.435 e. The lowest BCUT2D eigenvalue weighted by Gasteiger charge is -2.39. The highest BCUT2D eigenvalue weighted by molar-refractivity contribution is 6.30. The van der Waals surface area contributed by atoms with E-state index in [1.807, 2.05) is 12.1 Å². The molecule has 198 valence electrons. The van der Waals surface area contributed by atoms with Crippen molar-refractivity contribution >= 4 is 40.7 Å². The SMILES string of the molecule is O=C1Nc2ccc(-c3ccc(Cl)cc3)cc2C(=O)N2CCN(C(=O)c3c(C(F)(F)F)nc4ccccn34)CC12. The number of hydrogen-bond acceptors (Lipinski definition) is 4. The van der Waals surface area contributed by atoms with Gasteiger partial charge in [0.2, 0.25) is 5.91 Å². The molecule has 12 heteroatoms. The van der Waals surface area contributed by atoms with Crippen LogP contribution in [0.15, 0.2) is 66.9 Å². The molecule has 3 amide bonds. The number of anilines is 1. The summed E-state index contributed by atoms with van der Waals surface area (Å²) < 4.78 is 42.5. The maximum absolute atomic E-state index is 13.8. The molecular formula is C27H19ClF3N5O3. The highest BCUT2D eigenvalue weighted by Crippen LogP contribution is 2.34. The van der Waals surface area contributed by atoms with E-state index in [0.29, 0.717) is 10.7 Å². The van der Waals surface area contributed by atoms with Crippen LogP contribution in [0.2, 0.25) is 5.02 Å². The van der Waals surface area contributed by atoms with E-state index in [1.54, 1.807) is 30.3 Å². The quantitative estimate of drug-likeness (QED) is 0.393. The van der Waals surface area contributed by atoms with Gasteiger partial charge < -0.3 is 15.1 Å². The van der Waals surface area contributed by atoms with E-state index < -0.39 is 41.3 Å². The molecule has 4 heterocycles. The fourth-order valence-electron chi connectivity index (χ4n) is 5.01. The van der Waals surface area contributed by atoms with E-state index in [4.69, 9.17) is 11.6 Å². The molecule has 1 atom stereocenters. The fraction of sp³-hybridized carbons (Fsp3) is 0.185. The van der Waals surface area contributed by atoms with Crippen molar-refractivity contribution in [3.05, 3.63) is 88.8 Å². The Morgan fingerprint density at radius 2 is 1.74 bits per heavy atom. The number of halogens is 4. The number of amides is 3. The Morgan fingerprint density at radius 3 is 2.49 bits per heavy atom. The van der Waals surface area contributed by atoms with Gasteiger partial charge in [-0.15, -0.1) is 0 Å². The van der Waals surface area contributed by atoms with E-state index in [-0.39, 0.29) is 30.8 Å². The lowest BCUT2D eigenvalue weighted by Crippen LogP contribution is -2.59. The largest absolute Gasteiger partial charge is 0.435 e. The summed E-state index contributed by atoms with van der Waals surface area (Å²) in [5, 5.41) is 3.31. The van der Waals surface area contributed by atoms with Gasteiger partial charge in [-0.25, -0.2) is 4.98 Å². The summed E-state index contributed by atoms with van der Waals surface area (Å²) in [6, 6.07) is 15.5. The molecule has 2 aliphatic heterocycles. The fourth-order valence-corrected chi connectivity index (χ4v) is 5.13. The van der Waals surface area contributed by atoms with Gasteiger partial charge >= 0.3 is 6.18 Å². The molecule has 0 bridgehead atoms. The van der Waals surface area contributed by atoms with Crippen LogP contribution in [-0.4, -0.2) is 62.6 Å². The van der Waals surface area contributed by atoms with Crippen molar-refractivity contribution < 1.29 is 27.6 Å². The molecule has 1 fully saturated rings. The van der Waals surface area contributed by atoms with Crippen molar-refractivity contribution in [3.8, 4) is 11.1 Å². The first-order chi connectivity index (χ1) is 18.6. The molecule has 4 aromatic rings. The zero-order chi connectivity index (χ0) is 27.5. The second-order valence-electron chi connectivity index (χ2n) is 9.26. The van der Waals surface area contributed by atoms with Gasteiger partial charge in [-0.3, -0.25) is 18.8 Å². The van der Waals surface area contributed by atoms with Gasteiger partial charge in [-0.2, -0.15) is 13.2 Å². The Morgan fingerprint density at radius 1 is 1.00 bits per heavy atom. The van der Waals surface area contributed by atoms with Gasteiger partial charge in [0, 0.05) is 24.3 Å². The van der Waals surface area contributed by atoms with Crippen molar-refractivity contribution in [3.63, 3.8) is 0 Å². The number of aromatic nitrogens is 2. The summed E-state index contributed by atoms with van der Waals surface area (Å²) in [6.07, 6.45) is -3.53. The topological polar surface area (TPSA) is 87.0 Å². The zero-order valence-electron chi connectivity index (χ0n) is 20.1. The minimum Gasteiger partial charge on any atom is -0.333 e. The normalized spacial score (nSPS) is 17.5. The highest BCUT2D eigenvalue weighted by Gasteiger charge is 2.44. The van der Waals surface area contributed by atoms with Crippen LogP contribution in [0.3, 0.4) is 0 Å². The van der Waals surface area contributed by atoms with Crippen LogP contribution in [0.4, 0.5) is 18.9 Å². The van der Waals surface area contributed by atoms with Crippen LogP contribution in [0.1, 0.15) is 26.5 Å². The van der Waals surface area contributed by atoms with Crippen molar-refractivity contribution in [2.24, 2.45) is 0 Å². The Hall–Kier alpha value is -4.38. The predicted octanol–water partition coefficient (Wildman–Crippen LogP) is 4.59. The third-order valence-electron chi connectivity index (χ3n) is 6.92. The number of pyridine rings is 1. The number of carbonyl (C=O) groups is 3. The van der Waals surface area contributed by atoms with E-state index in [2.05, 4.69) is 10.3 Å². The Labute approximate surface area is 224 Å². The summed E-state index contributed by atoms with van der Waals surface area (Å²) in [6.45, 7) is -0.366. The molecule has 2 aromatic carbocycles. The first-order valence-corrected chi connectivity index (χ1v) is 12.3. The molecule has 6 rings (SSSR count). The van der Waals surface area contributed by atoms with Crippen LogP contribution in [-0.2, 0) is 11.0 Å². The smallest absolute Gasteiger partial charge is 0.333 e. The molecule has 0 saturated carbocycles. The summed E-state index contributed by atoms with van der Waals surface area (Å²) >= 11 is 5.98. The Kier molecular flexibility index (Phi) is 5.83. The number of piperazine rings is 1. The number of rotatable bonds is 2. The van der Waals surface area contributed by atoms with E-state index in [0.717, 1.165) is 20.4 Å². The molecule has 0 radical (unpaired) electrons. The highest BCUT2D eigenvalue weighted by atomic mass is 35.5. The number of nitrogens with one attached hydrogen (secondary N) is 1. The Bertz CT molecular complexity index is 1650. The van der Waals surface area contributed by atoms with Crippen LogP contribution < -0.4 is 5.32 Å². The van der Waals surface area contributed by atoms with Gasteiger partial charge in [0.15, 0.2) is 5.69 Å². The molecule has 1 unspecified atom stereocenters. The van der Waals surface area contributed by atoms with Crippen LogP contribution in [0.5, 0.6) is 0 Å². The molecular weight excluding hydrogens is 535 g/mol. The standard InChI is InChI=1S/C27H19ClF3N5O3/c28-17-7-4-15(5-8-17)16-6-9-19-18(13-16)25(38)35-12-11-34(14-20(35)24(37)32-19)26(39)22-23(27(29,30)31)33-21-3-1-2-10-36(21)22/h1-10,13,20H,11-12,14H2,(H,32,37). The van der Waals surface area contributed by atoms with Crippen LogP contribution in [0.25, 0.3) is 16.8 Å². The molecule has 0 aliphatic carbocycles. The summed E-state index contributed by atoms with van der Waals surface area (Å²) in [7, 11) is 0.